The maximum Gasteiger partial charge on any atom is 0.255 e. The van der Waals surface area contributed by atoms with Crippen molar-refractivity contribution in [2.45, 2.75) is 26.4 Å². The average Bonchev–Trinajstić information content (AvgIpc) is 3.29. The number of hydrogen-bond donors (Lipinski definition) is 1. The summed E-state index contributed by atoms with van der Waals surface area (Å²) in [4.78, 5) is 30.9. The van der Waals surface area contributed by atoms with E-state index in [1.807, 2.05) is 6.92 Å². The highest BCUT2D eigenvalue weighted by atomic mass is 32.2. The molecule has 1 aliphatic rings. The SMILES string of the molecule is CCOc1ccc(C(=O)N2CSC[C@H]2C(=O)NCc2nc(C)no2)cc1. The van der Waals surface area contributed by atoms with Gasteiger partial charge in [0.25, 0.3) is 5.91 Å². The first-order valence-corrected chi connectivity index (χ1v) is 9.42. The van der Waals surface area contributed by atoms with E-state index in [0.29, 0.717) is 41.3 Å². The van der Waals surface area contributed by atoms with Crippen molar-refractivity contribution in [3.8, 4) is 5.75 Å². The van der Waals surface area contributed by atoms with Crippen LogP contribution in [-0.4, -0.2) is 51.1 Å². The van der Waals surface area contributed by atoms with Crippen molar-refractivity contribution >= 4 is 23.6 Å². The number of thioether (sulfide) groups is 1. The fourth-order valence-electron chi connectivity index (χ4n) is 2.58. The summed E-state index contributed by atoms with van der Waals surface area (Å²) in [6.45, 7) is 4.32. The van der Waals surface area contributed by atoms with Crippen molar-refractivity contribution in [1.29, 1.82) is 0 Å². The summed E-state index contributed by atoms with van der Waals surface area (Å²) in [6, 6.07) is 6.42. The second-order valence-electron chi connectivity index (χ2n) is 5.70. The average molecular weight is 376 g/mol. The first-order chi connectivity index (χ1) is 12.6. The van der Waals surface area contributed by atoms with Crippen molar-refractivity contribution < 1.29 is 18.8 Å². The molecule has 1 atom stereocenters. The van der Waals surface area contributed by atoms with Gasteiger partial charge in [0.2, 0.25) is 11.8 Å². The minimum absolute atomic E-state index is 0.145. The molecular weight excluding hydrogens is 356 g/mol. The van der Waals surface area contributed by atoms with Crippen LogP contribution in [0.4, 0.5) is 0 Å². The maximum atomic E-state index is 12.8. The minimum Gasteiger partial charge on any atom is -0.494 e. The van der Waals surface area contributed by atoms with E-state index in [-0.39, 0.29) is 18.4 Å². The van der Waals surface area contributed by atoms with Gasteiger partial charge in [-0.25, -0.2) is 0 Å². The number of rotatable bonds is 6. The standard InChI is InChI=1S/C17H20N4O4S/c1-3-24-13-6-4-12(5-7-13)17(23)21-10-26-9-14(21)16(22)18-8-15-19-11(2)20-25-15/h4-7,14H,3,8-10H2,1-2H3,(H,18,22)/t14-/m0/s1. The Morgan fingerprint density at radius 3 is 2.81 bits per heavy atom. The number of benzene rings is 1. The fraction of sp³-hybridized carbons (Fsp3) is 0.412. The molecule has 138 valence electrons. The summed E-state index contributed by atoms with van der Waals surface area (Å²) in [5, 5.41) is 6.43. The van der Waals surface area contributed by atoms with Crippen LogP contribution in [-0.2, 0) is 11.3 Å². The van der Waals surface area contributed by atoms with Crippen molar-refractivity contribution in [2.75, 3.05) is 18.2 Å². The van der Waals surface area contributed by atoms with Crippen LogP contribution in [0.25, 0.3) is 0 Å². The summed E-state index contributed by atoms with van der Waals surface area (Å²) in [6.07, 6.45) is 0. The van der Waals surface area contributed by atoms with E-state index < -0.39 is 6.04 Å². The first-order valence-electron chi connectivity index (χ1n) is 8.27. The van der Waals surface area contributed by atoms with E-state index in [4.69, 9.17) is 9.26 Å². The van der Waals surface area contributed by atoms with Gasteiger partial charge < -0.3 is 19.5 Å². The summed E-state index contributed by atoms with van der Waals surface area (Å²) < 4.78 is 10.4. The quantitative estimate of drug-likeness (QED) is 0.818. The number of aromatic nitrogens is 2. The van der Waals surface area contributed by atoms with Crippen molar-refractivity contribution in [3.63, 3.8) is 0 Å². The third kappa shape index (κ3) is 4.16. The van der Waals surface area contributed by atoms with E-state index >= 15 is 0 Å². The molecule has 1 aliphatic heterocycles. The zero-order chi connectivity index (χ0) is 18.5. The summed E-state index contributed by atoms with van der Waals surface area (Å²) in [7, 11) is 0. The van der Waals surface area contributed by atoms with Crippen LogP contribution < -0.4 is 10.1 Å². The molecule has 0 radical (unpaired) electrons. The molecule has 1 N–H and O–H groups in total. The van der Waals surface area contributed by atoms with Gasteiger partial charge in [0.05, 0.1) is 19.0 Å². The van der Waals surface area contributed by atoms with Gasteiger partial charge in [0, 0.05) is 11.3 Å². The molecule has 1 fully saturated rings. The van der Waals surface area contributed by atoms with Gasteiger partial charge in [-0.3, -0.25) is 9.59 Å². The van der Waals surface area contributed by atoms with Gasteiger partial charge >= 0.3 is 0 Å². The number of aryl methyl sites for hydroxylation is 1. The topological polar surface area (TPSA) is 97.6 Å². The summed E-state index contributed by atoms with van der Waals surface area (Å²) in [5.74, 6) is 2.19. The summed E-state index contributed by atoms with van der Waals surface area (Å²) in [5.41, 5.74) is 0.529. The number of nitrogens with one attached hydrogen (secondary N) is 1. The molecule has 2 amide bonds. The van der Waals surface area contributed by atoms with Crippen molar-refractivity contribution in [3.05, 3.63) is 41.5 Å². The number of carbonyl (C=O) groups is 2. The number of hydrogen-bond acceptors (Lipinski definition) is 7. The molecule has 0 unspecified atom stereocenters. The predicted molar refractivity (Wildman–Crippen MR) is 95.8 cm³/mol. The smallest absolute Gasteiger partial charge is 0.255 e. The lowest BCUT2D eigenvalue weighted by molar-refractivity contribution is -0.124. The van der Waals surface area contributed by atoms with Crippen molar-refractivity contribution in [1.82, 2.24) is 20.4 Å². The molecule has 9 heteroatoms. The molecule has 0 aliphatic carbocycles. The highest BCUT2D eigenvalue weighted by Gasteiger charge is 2.35. The van der Waals surface area contributed by atoms with Crippen LogP contribution in [0.2, 0.25) is 0 Å². The molecule has 1 aromatic heterocycles. The molecule has 0 spiro atoms. The number of ether oxygens (including phenoxy) is 1. The second kappa shape index (κ2) is 8.22. The minimum atomic E-state index is -0.525. The lowest BCUT2D eigenvalue weighted by atomic mass is 10.1. The van der Waals surface area contributed by atoms with Gasteiger partial charge in [-0.15, -0.1) is 11.8 Å². The van der Waals surface area contributed by atoms with E-state index in [2.05, 4.69) is 15.5 Å². The van der Waals surface area contributed by atoms with Crippen molar-refractivity contribution in [2.24, 2.45) is 0 Å². The van der Waals surface area contributed by atoms with Gasteiger partial charge in [0.1, 0.15) is 11.8 Å². The van der Waals surface area contributed by atoms with Crippen LogP contribution in [0.15, 0.2) is 28.8 Å². The lowest BCUT2D eigenvalue weighted by Crippen LogP contribution is -2.47. The van der Waals surface area contributed by atoms with E-state index in [1.54, 1.807) is 47.9 Å². The van der Waals surface area contributed by atoms with E-state index in [1.165, 1.54) is 0 Å². The Kier molecular flexibility index (Phi) is 5.77. The number of amides is 2. The largest absolute Gasteiger partial charge is 0.494 e. The Labute approximate surface area is 155 Å². The molecule has 0 saturated carbocycles. The highest BCUT2D eigenvalue weighted by Crippen LogP contribution is 2.24. The molecule has 3 rings (SSSR count). The third-order valence-electron chi connectivity index (χ3n) is 3.84. The zero-order valence-corrected chi connectivity index (χ0v) is 15.4. The molecule has 0 bridgehead atoms. The Balaban J connectivity index is 1.62. The molecular formula is C17H20N4O4S. The maximum absolute atomic E-state index is 12.8. The van der Waals surface area contributed by atoms with Gasteiger partial charge in [0.15, 0.2) is 5.82 Å². The zero-order valence-electron chi connectivity index (χ0n) is 14.6. The summed E-state index contributed by atoms with van der Waals surface area (Å²) >= 11 is 1.55. The van der Waals surface area contributed by atoms with Gasteiger partial charge in [-0.2, -0.15) is 4.98 Å². The number of nitrogens with zero attached hydrogens (tertiary/aromatic N) is 3. The van der Waals surface area contributed by atoms with E-state index in [9.17, 15) is 9.59 Å². The Morgan fingerprint density at radius 1 is 1.38 bits per heavy atom. The van der Waals surface area contributed by atoms with Crippen LogP contribution in [0.3, 0.4) is 0 Å². The molecule has 1 saturated heterocycles. The second-order valence-corrected chi connectivity index (χ2v) is 6.70. The monoisotopic (exact) mass is 376 g/mol. The van der Waals surface area contributed by atoms with Crippen LogP contribution in [0.1, 0.15) is 29.0 Å². The molecule has 8 nitrogen and oxygen atoms in total. The first kappa shape index (κ1) is 18.2. The molecule has 1 aromatic carbocycles. The normalized spacial score (nSPS) is 16.5. The van der Waals surface area contributed by atoms with Crippen LogP contribution >= 0.6 is 11.8 Å². The lowest BCUT2D eigenvalue weighted by Gasteiger charge is -2.23. The van der Waals surface area contributed by atoms with Crippen LogP contribution in [0, 0.1) is 6.92 Å². The predicted octanol–water partition coefficient (Wildman–Crippen LogP) is 1.61. The van der Waals surface area contributed by atoms with Gasteiger partial charge in [-0.05, 0) is 38.1 Å². The molecule has 2 heterocycles. The number of carbonyl (C=O) groups excluding carboxylic acids is 2. The van der Waals surface area contributed by atoms with Crippen LogP contribution in [0.5, 0.6) is 5.75 Å². The fourth-order valence-corrected chi connectivity index (χ4v) is 3.73. The highest BCUT2D eigenvalue weighted by molar-refractivity contribution is 7.99. The Hall–Kier alpha value is -2.55. The molecule has 26 heavy (non-hydrogen) atoms. The molecule has 2 aromatic rings. The van der Waals surface area contributed by atoms with Gasteiger partial charge in [-0.1, -0.05) is 5.16 Å². The third-order valence-corrected chi connectivity index (χ3v) is 4.85. The Morgan fingerprint density at radius 2 is 2.15 bits per heavy atom. The Bertz CT molecular complexity index is 777. The van der Waals surface area contributed by atoms with E-state index in [0.717, 1.165) is 0 Å².